The molecule has 0 aromatic carbocycles. The lowest BCUT2D eigenvalue weighted by molar-refractivity contribution is -0.128. The van der Waals surface area contributed by atoms with E-state index in [9.17, 15) is 4.79 Å². The van der Waals surface area contributed by atoms with Gasteiger partial charge >= 0.3 is 0 Å². The Labute approximate surface area is 123 Å². The summed E-state index contributed by atoms with van der Waals surface area (Å²) in [5.41, 5.74) is 0. The number of nitrogens with one attached hydrogen (secondary N) is 1. The molecule has 2 fully saturated rings. The van der Waals surface area contributed by atoms with Gasteiger partial charge < -0.3 is 10.1 Å². The third-order valence-electron chi connectivity index (χ3n) is 3.92. The summed E-state index contributed by atoms with van der Waals surface area (Å²) in [6.45, 7) is 8.29. The smallest absolute Gasteiger partial charge is 0.223 e. The number of amides is 1. The van der Waals surface area contributed by atoms with Crippen LogP contribution in [-0.4, -0.2) is 49.7 Å². The van der Waals surface area contributed by atoms with Crippen molar-refractivity contribution < 1.29 is 9.53 Å². The fourth-order valence-corrected chi connectivity index (χ4v) is 3.11. The Morgan fingerprint density at radius 1 is 1.26 bits per heavy atom. The van der Waals surface area contributed by atoms with Crippen LogP contribution in [0.3, 0.4) is 0 Å². The minimum absolute atomic E-state index is 0.161. The van der Waals surface area contributed by atoms with Crippen LogP contribution in [0.15, 0.2) is 11.1 Å². The van der Waals surface area contributed by atoms with Gasteiger partial charge in [-0.05, 0) is 25.7 Å². The second-order valence-corrected chi connectivity index (χ2v) is 6.58. The Balaban J connectivity index is 1.69. The molecule has 0 bridgehead atoms. The first-order valence-corrected chi connectivity index (χ1v) is 7.88. The van der Waals surface area contributed by atoms with Crippen molar-refractivity contribution >= 4 is 21.8 Å². The molecule has 0 aromatic rings. The molecule has 5 heteroatoms. The molecule has 1 N–H and O–H groups in total. The first kappa shape index (κ1) is 15.0. The van der Waals surface area contributed by atoms with E-state index < -0.39 is 0 Å². The van der Waals surface area contributed by atoms with E-state index in [1.807, 2.05) is 0 Å². The van der Waals surface area contributed by atoms with Gasteiger partial charge in [-0.15, -0.1) is 0 Å². The van der Waals surface area contributed by atoms with E-state index in [0.717, 1.165) is 63.0 Å². The number of carbonyl (C=O) groups is 1. The van der Waals surface area contributed by atoms with Gasteiger partial charge in [0.15, 0.2) is 0 Å². The van der Waals surface area contributed by atoms with Crippen LogP contribution < -0.4 is 5.32 Å². The van der Waals surface area contributed by atoms with E-state index in [2.05, 4.69) is 32.7 Å². The molecule has 2 saturated heterocycles. The van der Waals surface area contributed by atoms with Gasteiger partial charge in [-0.2, -0.15) is 0 Å². The van der Waals surface area contributed by atoms with Gasteiger partial charge in [0.25, 0.3) is 0 Å². The Bertz CT molecular complexity index is 321. The number of hydrogen-bond acceptors (Lipinski definition) is 3. The first-order chi connectivity index (χ1) is 9.15. The van der Waals surface area contributed by atoms with Crippen molar-refractivity contribution in [2.75, 3.05) is 32.8 Å². The predicted octanol–water partition coefficient (Wildman–Crippen LogP) is 1.90. The van der Waals surface area contributed by atoms with E-state index >= 15 is 0 Å². The highest BCUT2D eigenvalue weighted by molar-refractivity contribution is 9.11. The molecule has 4 nitrogen and oxygen atoms in total. The van der Waals surface area contributed by atoms with E-state index in [1.54, 1.807) is 0 Å². The summed E-state index contributed by atoms with van der Waals surface area (Å²) < 4.78 is 6.32. The van der Waals surface area contributed by atoms with Gasteiger partial charge in [-0.1, -0.05) is 22.5 Å². The standard InChI is InChI=1S/C14H23BrN2O2/c1-11(15)10-17-6-2-13(3-7-17)16-14(18)12-4-8-19-9-5-12/h12-13H,1-10H2,(H,16,18). The zero-order chi connectivity index (χ0) is 13.7. The third kappa shape index (κ3) is 4.89. The summed E-state index contributed by atoms with van der Waals surface area (Å²) >= 11 is 3.40. The van der Waals surface area contributed by atoms with E-state index in [0.29, 0.717) is 6.04 Å². The van der Waals surface area contributed by atoms with Gasteiger partial charge in [0.05, 0.1) is 0 Å². The molecule has 0 spiro atoms. The number of halogens is 1. The highest BCUT2D eigenvalue weighted by Crippen LogP contribution is 2.17. The molecular weight excluding hydrogens is 308 g/mol. The van der Waals surface area contributed by atoms with E-state index in [-0.39, 0.29) is 11.8 Å². The summed E-state index contributed by atoms with van der Waals surface area (Å²) in [5, 5.41) is 3.21. The highest BCUT2D eigenvalue weighted by atomic mass is 79.9. The number of piperidine rings is 1. The second-order valence-electron chi connectivity index (χ2n) is 5.46. The van der Waals surface area contributed by atoms with E-state index in [1.165, 1.54) is 0 Å². The first-order valence-electron chi connectivity index (χ1n) is 7.09. The Morgan fingerprint density at radius 3 is 2.47 bits per heavy atom. The number of carbonyl (C=O) groups excluding carboxylic acids is 1. The molecule has 0 atom stereocenters. The summed E-state index contributed by atoms with van der Waals surface area (Å²) in [6.07, 6.45) is 3.81. The van der Waals surface area contributed by atoms with Crippen molar-refractivity contribution in [3.63, 3.8) is 0 Å². The van der Waals surface area contributed by atoms with Crippen LogP contribution in [0.5, 0.6) is 0 Å². The lowest BCUT2D eigenvalue weighted by atomic mass is 9.97. The van der Waals surface area contributed by atoms with Crippen LogP contribution in [0.4, 0.5) is 0 Å². The maximum Gasteiger partial charge on any atom is 0.223 e. The molecule has 2 aliphatic heterocycles. The van der Waals surface area contributed by atoms with Crippen molar-refractivity contribution in [2.45, 2.75) is 31.7 Å². The maximum absolute atomic E-state index is 12.1. The molecule has 0 aromatic heterocycles. The normalized spacial score (nSPS) is 23.2. The summed E-state index contributed by atoms with van der Waals surface area (Å²) in [4.78, 5) is 14.5. The third-order valence-corrected chi connectivity index (χ3v) is 4.17. The monoisotopic (exact) mass is 330 g/mol. The molecule has 2 heterocycles. The zero-order valence-corrected chi connectivity index (χ0v) is 13.0. The summed E-state index contributed by atoms with van der Waals surface area (Å²) in [6, 6.07) is 0.343. The average Bonchev–Trinajstić information content (AvgIpc) is 2.41. The number of nitrogens with zero attached hydrogens (tertiary/aromatic N) is 1. The number of ether oxygens (including phenoxy) is 1. The molecule has 1 amide bonds. The largest absolute Gasteiger partial charge is 0.381 e. The van der Waals surface area contributed by atoms with Crippen LogP contribution >= 0.6 is 15.9 Å². The van der Waals surface area contributed by atoms with Crippen molar-refractivity contribution in [3.8, 4) is 0 Å². The number of likely N-dealkylation sites (tertiary alicyclic amines) is 1. The summed E-state index contributed by atoms with van der Waals surface area (Å²) in [7, 11) is 0. The molecule has 108 valence electrons. The second kappa shape index (κ2) is 7.41. The minimum Gasteiger partial charge on any atom is -0.381 e. The number of hydrogen-bond donors (Lipinski definition) is 1. The quantitative estimate of drug-likeness (QED) is 0.856. The summed E-state index contributed by atoms with van der Waals surface area (Å²) in [5.74, 6) is 0.390. The number of rotatable bonds is 4. The van der Waals surface area contributed by atoms with Crippen LogP contribution in [0, 0.1) is 5.92 Å². The Kier molecular flexibility index (Phi) is 5.85. The molecule has 0 unspecified atom stereocenters. The lowest BCUT2D eigenvalue weighted by Crippen LogP contribution is -2.47. The molecule has 2 rings (SSSR count). The molecular formula is C14H23BrN2O2. The van der Waals surface area contributed by atoms with Crippen molar-refractivity contribution in [3.05, 3.63) is 11.1 Å². The topological polar surface area (TPSA) is 41.6 Å². The minimum atomic E-state index is 0.161. The fourth-order valence-electron chi connectivity index (χ4n) is 2.76. The van der Waals surface area contributed by atoms with Gasteiger partial charge in [0.1, 0.15) is 0 Å². The molecule has 0 aliphatic carbocycles. The van der Waals surface area contributed by atoms with Crippen LogP contribution in [0.2, 0.25) is 0 Å². The molecule has 0 saturated carbocycles. The fraction of sp³-hybridized carbons (Fsp3) is 0.786. The lowest BCUT2D eigenvalue weighted by Gasteiger charge is -2.33. The van der Waals surface area contributed by atoms with Gasteiger partial charge in [-0.25, -0.2) is 0 Å². The van der Waals surface area contributed by atoms with Crippen molar-refractivity contribution in [1.82, 2.24) is 10.2 Å². The SMILES string of the molecule is C=C(Br)CN1CCC(NC(=O)C2CCOCC2)CC1. The van der Waals surface area contributed by atoms with Gasteiger partial charge in [0.2, 0.25) is 5.91 Å². The Hall–Kier alpha value is -0.390. The molecule has 19 heavy (non-hydrogen) atoms. The zero-order valence-electron chi connectivity index (χ0n) is 11.4. The molecule has 0 radical (unpaired) electrons. The van der Waals surface area contributed by atoms with Crippen LogP contribution in [0.1, 0.15) is 25.7 Å². The highest BCUT2D eigenvalue weighted by Gasteiger charge is 2.25. The van der Waals surface area contributed by atoms with Gasteiger partial charge in [-0.3, -0.25) is 9.69 Å². The molecule has 2 aliphatic rings. The van der Waals surface area contributed by atoms with E-state index in [4.69, 9.17) is 4.74 Å². The van der Waals surface area contributed by atoms with Crippen LogP contribution in [0.25, 0.3) is 0 Å². The van der Waals surface area contributed by atoms with Gasteiger partial charge in [0, 0.05) is 49.3 Å². The predicted molar refractivity (Wildman–Crippen MR) is 79.2 cm³/mol. The average molecular weight is 331 g/mol. The van der Waals surface area contributed by atoms with Crippen molar-refractivity contribution in [2.24, 2.45) is 5.92 Å². The maximum atomic E-state index is 12.1. The van der Waals surface area contributed by atoms with Crippen molar-refractivity contribution in [1.29, 1.82) is 0 Å². The Morgan fingerprint density at radius 2 is 1.89 bits per heavy atom. The van der Waals surface area contributed by atoms with Crippen LogP contribution in [-0.2, 0) is 9.53 Å².